The second kappa shape index (κ2) is 8.32. The van der Waals surface area contributed by atoms with Gasteiger partial charge in [-0.2, -0.15) is 0 Å². The first-order valence-electron chi connectivity index (χ1n) is 8.63. The minimum absolute atomic E-state index is 0.444. The van der Waals surface area contributed by atoms with Crippen molar-refractivity contribution in [3.8, 4) is 11.3 Å². The predicted octanol–water partition coefficient (Wildman–Crippen LogP) is 5.12. The molecule has 2 N–H and O–H groups in total. The summed E-state index contributed by atoms with van der Waals surface area (Å²) in [6.07, 6.45) is 1.88. The SMILES string of the molecule is C=Nc1c(/C(N)=C\C)cc(-c2ccccc2)n1COCC[Si](C)(C)C. The van der Waals surface area contributed by atoms with E-state index in [4.69, 9.17) is 10.5 Å². The molecule has 2 aromatic rings. The molecular formula is C20H29N3OSi. The summed E-state index contributed by atoms with van der Waals surface area (Å²) in [6, 6.07) is 13.4. The van der Waals surface area contributed by atoms with E-state index in [0.29, 0.717) is 12.4 Å². The topological polar surface area (TPSA) is 52.5 Å². The van der Waals surface area contributed by atoms with Gasteiger partial charge in [-0.1, -0.05) is 56.0 Å². The molecule has 25 heavy (non-hydrogen) atoms. The smallest absolute Gasteiger partial charge is 0.143 e. The largest absolute Gasteiger partial charge is 0.398 e. The molecule has 0 saturated carbocycles. The van der Waals surface area contributed by atoms with E-state index in [1.54, 1.807) is 0 Å². The molecule has 0 fully saturated rings. The molecule has 2 rings (SSSR count). The van der Waals surface area contributed by atoms with Gasteiger partial charge in [0.15, 0.2) is 0 Å². The minimum Gasteiger partial charge on any atom is -0.398 e. The van der Waals surface area contributed by atoms with Crippen LogP contribution in [0.1, 0.15) is 12.5 Å². The van der Waals surface area contributed by atoms with E-state index in [2.05, 4.69) is 54.1 Å². The molecule has 0 saturated heterocycles. The number of nitrogens with two attached hydrogens (primary N) is 1. The van der Waals surface area contributed by atoms with Gasteiger partial charge in [-0.05, 0) is 31.3 Å². The van der Waals surface area contributed by atoms with E-state index in [0.717, 1.165) is 35.3 Å². The van der Waals surface area contributed by atoms with Gasteiger partial charge in [0.2, 0.25) is 0 Å². The number of allylic oxidation sites excluding steroid dienone is 1. The highest BCUT2D eigenvalue weighted by molar-refractivity contribution is 6.76. The third-order valence-corrected chi connectivity index (χ3v) is 5.83. The molecule has 0 atom stereocenters. The molecule has 0 unspecified atom stereocenters. The highest BCUT2D eigenvalue weighted by Gasteiger charge is 2.18. The number of aliphatic imine (C=N–C) groups is 1. The minimum atomic E-state index is -1.11. The summed E-state index contributed by atoms with van der Waals surface area (Å²) in [6.45, 7) is 13.9. The standard InChI is InChI=1S/C20H29N3OSi/c1-6-18(21)17-14-19(16-10-8-7-9-11-16)23(20(17)22-2)15-24-12-13-25(3,4)5/h6-11,14H,2,12-13,15,21H2,1,3-5H3/b18-6+. The third kappa shape index (κ3) is 4.93. The van der Waals surface area contributed by atoms with Crippen LogP contribution < -0.4 is 5.73 Å². The quantitative estimate of drug-likeness (QED) is 0.406. The monoisotopic (exact) mass is 355 g/mol. The van der Waals surface area contributed by atoms with Gasteiger partial charge in [0.05, 0.1) is 5.69 Å². The fraction of sp³-hybridized carbons (Fsp3) is 0.350. The average molecular weight is 356 g/mol. The van der Waals surface area contributed by atoms with Crippen molar-refractivity contribution in [1.29, 1.82) is 0 Å². The normalized spacial score (nSPS) is 12.4. The Morgan fingerprint density at radius 2 is 1.96 bits per heavy atom. The molecule has 1 heterocycles. The van der Waals surface area contributed by atoms with Crippen molar-refractivity contribution >= 4 is 26.3 Å². The van der Waals surface area contributed by atoms with Gasteiger partial charge in [-0.3, -0.25) is 0 Å². The molecule has 5 heteroatoms. The average Bonchev–Trinajstić information content (AvgIpc) is 2.96. The molecule has 0 aliphatic heterocycles. The van der Waals surface area contributed by atoms with Gasteiger partial charge >= 0.3 is 0 Å². The molecule has 0 radical (unpaired) electrons. The lowest BCUT2D eigenvalue weighted by molar-refractivity contribution is 0.0896. The van der Waals surface area contributed by atoms with Crippen LogP contribution in [0.25, 0.3) is 17.0 Å². The number of ether oxygens (including phenoxy) is 1. The zero-order chi connectivity index (χ0) is 18.4. The molecule has 0 aliphatic carbocycles. The fourth-order valence-electron chi connectivity index (χ4n) is 2.59. The summed E-state index contributed by atoms with van der Waals surface area (Å²) in [7, 11) is -1.11. The Morgan fingerprint density at radius 3 is 2.52 bits per heavy atom. The summed E-state index contributed by atoms with van der Waals surface area (Å²) in [5.74, 6) is 0.752. The van der Waals surface area contributed by atoms with Gasteiger partial charge in [-0.25, -0.2) is 4.99 Å². The molecule has 134 valence electrons. The van der Waals surface area contributed by atoms with Crippen LogP contribution in [0.4, 0.5) is 5.82 Å². The van der Waals surface area contributed by atoms with E-state index in [1.165, 1.54) is 0 Å². The van der Waals surface area contributed by atoms with Gasteiger partial charge < -0.3 is 15.0 Å². The fourth-order valence-corrected chi connectivity index (χ4v) is 3.35. The Bertz CT molecular complexity index is 742. The zero-order valence-electron chi connectivity index (χ0n) is 15.7. The second-order valence-electron chi connectivity index (χ2n) is 7.31. The number of benzene rings is 1. The molecule has 0 amide bonds. The van der Waals surface area contributed by atoms with Crippen molar-refractivity contribution in [3.05, 3.63) is 48.0 Å². The lowest BCUT2D eigenvalue weighted by Gasteiger charge is -2.17. The van der Waals surface area contributed by atoms with Gasteiger partial charge in [0.25, 0.3) is 0 Å². The lowest BCUT2D eigenvalue weighted by atomic mass is 10.1. The van der Waals surface area contributed by atoms with Gasteiger partial charge in [0.1, 0.15) is 12.5 Å². The summed E-state index contributed by atoms with van der Waals surface area (Å²) in [5, 5.41) is 0. The van der Waals surface area contributed by atoms with Crippen molar-refractivity contribution in [2.45, 2.75) is 39.3 Å². The molecule has 4 nitrogen and oxygen atoms in total. The Hall–Kier alpha value is -2.11. The van der Waals surface area contributed by atoms with E-state index in [1.807, 2.05) is 31.2 Å². The van der Waals surface area contributed by atoms with Crippen LogP contribution in [0, 0.1) is 0 Å². The van der Waals surface area contributed by atoms with Crippen LogP contribution >= 0.6 is 0 Å². The molecule has 0 aliphatic rings. The first-order chi connectivity index (χ1) is 11.9. The summed E-state index contributed by atoms with van der Waals surface area (Å²) in [5.41, 5.74) is 9.90. The van der Waals surface area contributed by atoms with Crippen LogP contribution in [-0.4, -0.2) is 26.0 Å². The highest BCUT2D eigenvalue weighted by Crippen LogP contribution is 2.34. The number of hydrogen-bond acceptors (Lipinski definition) is 3. The molecule has 0 bridgehead atoms. The van der Waals surface area contributed by atoms with Crippen LogP contribution in [0.2, 0.25) is 25.7 Å². The van der Waals surface area contributed by atoms with Crippen LogP contribution in [-0.2, 0) is 11.5 Å². The highest BCUT2D eigenvalue weighted by atomic mass is 28.3. The Kier molecular flexibility index (Phi) is 6.39. The van der Waals surface area contributed by atoms with E-state index >= 15 is 0 Å². The number of aromatic nitrogens is 1. The number of rotatable bonds is 8. The van der Waals surface area contributed by atoms with Crippen molar-refractivity contribution in [2.75, 3.05) is 6.61 Å². The first-order valence-corrected chi connectivity index (χ1v) is 12.3. The summed E-state index contributed by atoms with van der Waals surface area (Å²) >= 11 is 0. The van der Waals surface area contributed by atoms with Crippen LogP contribution in [0.15, 0.2) is 47.5 Å². The zero-order valence-corrected chi connectivity index (χ0v) is 16.7. The summed E-state index contributed by atoms with van der Waals surface area (Å²) in [4.78, 5) is 4.23. The van der Waals surface area contributed by atoms with E-state index < -0.39 is 8.07 Å². The lowest BCUT2D eigenvalue weighted by Crippen LogP contribution is -2.22. The Balaban J connectivity index is 2.37. The third-order valence-electron chi connectivity index (χ3n) is 4.13. The van der Waals surface area contributed by atoms with Gasteiger partial charge in [0, 0.05) is 25.9 Å². The predicted molar refractivity (Wildman–Crippen MR) is 111 cm³/mol. The molecule has 0 spiro atoms. The van der Waals surface area contributed by atoms with Crippen molar-refractivity contribution in [2.24, 2.45) is 10.7 Å². The van der Waals surface area contributed by atoms with Crippen LogP contribution in [0.5, 0.6) is 0 Å². The first kappa shape index (κ1) is 19.2. The molecule has 1 aromatic carbocycles. The van der Waals surface area contributed by atoms with Crippen molar-refractivity contribution in [3.63, 3.8) is 0 Å². The summed E-state index contributed by atoms with van der Waals surface area (Å²) < 4.78 is 8.03. The molecular weight excluding hydrogens is 326 g/mol. The van der Waals surface area contributed by atoms with Crippen LogP contribution in [0.3, 0.4) is 0 Å². The maximum atomic E-state index is 6.17. The Labute approximate surface area is 152 Å². The number of nitrogens with zero attached hydrogens (tertiary/aromatic N) is 2. The maximum absolute atomic E-state index is 6.17. The van der Waals surface area contributed by atoms with Crippen molar-refractivity contribution < 1.29 is 4.74 Å². The second-order valence-corrected chi connectivity index (χ2v) is 12.9. The van der Waals surface area contributed by atoms with E-state index in [9.17, 15) is 0 Å². The Morgan fingerprint density at radius 1 is 1.28 bits per heavy atom. The number of hydrogen-bond donors (Lipinski definition) is 1. The maximum Gasteiger partial charge on any atom is 0.143 e. The van der Waals surface area contributed by atoms with E-state index in [-0.39, 0.29) is 0 Å². The molecule has 1 aromatic heterocycles. The van der Waals surface area contributed by atoms with Gasteiger partial charge in [-0.15, -0.1) is 0 Å². The van der Waals surface area contributed by atoms with Crippen molar-refractivity contribution in [1.82, 2.24) is 4.57 Å².